The van der Waals surface area contributed by atoms with Gasteiger partial charge < -0.3 is 14.6 Å². The van der Waals surface area contributed by atoms with Gasteiger partial charge in [0.25, 0.3) is 0 Å². The number of nitrogens with zero attached hydrogens (tertiary/aromatic N) is 2. The average Bonchev–Trinajstić information content (AvgIpc) is 3.57. The Morgan fingerprint density at radius 2 is 1.93 bits per heavy atom. The largest absolute Gasteiger partial charge is 0.484 e. The van der Waals surface area contributed by atoms with Crippen LogP contribution in [0.25, 0.3) is 0 Å². The van der Waals surface area contributed by atoms with Crippen molar-refractivity contribution in [1.29, 1.82) is 0 Å². The Labute approximate surface area is 251 Å². The molecule has 42 heavy (non-hydrogen) atoms. The molecule has 3 fully saturated rings. The number of likely N-dealkylation sites (N-methyl/N-ethyl adjacent to an activating group) is 1. The van der Waals surface area contributed by atoms with Crippen LogP contribution in [0.2, 0.25) is 0 Å². The number of aryl methyl sites for hydroxylation is 1. The summed E-state index contributed by atoms with van der Waals surface area (Å²) in [4.78, 5) is 17.5. The molecule has 1 N–H and O–H groups in total. The van der Waals surface area contributed by atoms with Crippen molar-refractivity contribution >= 4 is 5.97 Å². The van der Waals surface area contributed by atoms with Gasteiger partial charge in [0, 0.05) is 42.4 Å². The molecule has 7 atom stereocenters. The van der Waals surface area contributed by atoms with E-state index in [9.17, 15) is 9.90 Å². The maximum atomic E-state index is 12.1. The number of rotatable bonds is 12. The minimum absolute atomic E-state index is 0.0194. The number of likely N-dealkylation sites (tertiary alicyclic amines) is 1. The summed E-state index contributed by atoms with van der Waals surface area (Å²) in [5.41, 5.74) is 4.17. The summed E-state index contributed by atoms with van der Waals surface area (Å²) >= 11 is 0. The molecular weight excluding hydrogens is 524 g/mol. The van der Waals surface area contributed by atoms with E-state index in [4.69, 9.17) is 9.47 Å². The molecule has 7 rings (SSSR count). The lowest BCUT2D eigenvalue weighted by atomic mass is 9.51. The summed E-state index contributed by atoms with van der Waals surface area (Å²) < 4.78 is 12.8. The molecule has 5 aliphatic rings. The van der Waals surface area contributed by atoms with Gasteiger partial charge in [-0.25, -0.2) is 0 Å². The lowest BCUT2D eigenvalue weighted by Crippen LogP contribution is -2.69. The molecule has 6 nitrogen and oxygen atoms in total. The second-order valence-corrected chi connectivity index (χ2v) is 13.7. The van der Waals surface area contributed by atoms with E-state index in [2.05, 4.69) is 53.1 Å². The number of benzene rings is 2. The van der Waals surface area contributed by atoms with E-state index in [1.54, 1.807) is 0 Å². The highest BCUT2D eigenvalue weighted by molar-refractivity contribution is 5.72. The van der Waals surface area contributed by atoms with E-state index in [0.29, 0.717) is 29.7 Å². The molecule has 0 aromatic heterocycles. The number of hydrogen-bond donors (Lipinski definition) is 1. The van der Waals surface area contributed by atoms with E-state index in [1.165, 1.54) is 62.1 Å². The third-order valence-electron chi connectivity index (χ3n) is 11.4. The summed E-state index contributed by atoms with van der Waals surface area (Å²) in [6, 6.07) is 15.9. The van der Waals surface area contributed by atoms with E-state index in [1.807, 2.05) is 6.07 Å². The van der Waals surface area contributed by atoms with Crippen molar-refractivity contribution in [2.24, 2.45) is 11.8 Å². The third-order valence-corrected chi connectivity index (χ3v) is 11.4. The van der Waals surface area contributed by atoms with Crippen molar-refractivity contribution in [2.45, 2.75) is 108 Å². The van der Waals surface area contributed by atoms with Crippen molar-refractivity contribution in [1.82, 2.24) is 9.80 Å². The molecule has 2 aromatic rings. The van der Waals surface area contributed by atoms with Gasteiger partial charge in [0.2, 0.25) is 0 Å². The minimum atomic E-state index is -0.288. The van der Waals surface area contributed by atoms with Gasteiger partial charge in [-0.3, -0.25) is 14.6 Å². The van der Waals surface area contributed by atoms with Crippen LogP contribution in [-0.2, 0) is 23.1 Å². The SMILES string of the molecule is CCN(CCCCCCc1ccccc1)[C@@H]1CC[C@H]2[C@H]3Cc4ccc(OC(C)=O)c5c4[C@@]2(CCN3CC2CC2O)[C@H]1O5. The van der Waals surface area contributed by atoms with Crippen molar-refractivity contribution < 1.29 is 19.4 Å². The number of carbonyl (C=O) groups excluding carboxylic acids is 1. The van der Waals surface area contributed by atoms with E-state index in [-0.39, 0.29) is 23.6 Å². The molecule has 0 amide bonds. The fourth-order valence-electron chi connectivity index (χ4n) is 9.35. The Morgan fingerprint density at radius 1 is 1.12 bits per heavy atom. The van der Waals surface area contributed by atoms with Gasteiger partial charge in [0.1, 0.15) is 6.10 Å². The maximum Gasteiger partial charge on any atom is 0.308 e. The van der Waals surface area contributed by atoms with Crippen LogP contribution in [0.4, 0.5) is 0 Å². The third kappa shape index (κ3) is 4.97. The first kappa shape index (κ1) is 28.4. The van der Waals surface area contributed by atoms with Crippen molar-refractivity contribution in [2.75, 3.05) is 26.2 Å². The Bertz CT molecular complexity index is 1280. The average molecular weight is 573 g/mol. The van der Waals surface area contributed by atoms with Crippen LogP contribution in [-0.4, -0.2) is 71.3 Å². The zero-order chi connectivity index (χ0) is 28.8. The van der Waals surface area contributed by atoms with Gasteiger partial charge >= 0.3 is 5.97 Å². The standard InChI is InChI=1S/C36H48N2O4/c1-3-37(19-10-5-4-7-11-25-12-8-6-9-13-25)29-16-15-28-30-21-26-14-17-32(41-24(2)39)34-33(26)36(28,35(29)42-34)18-20-38(30)23-27-22-31(27)40/h6,8-9,12-14,17,27-31,35,40H,3-5,7,10-11,15-16,18-23H2,1-2H3/t27?,28-,29+,30+,31?,35-,36-/m0/s1. The lowest BCUT2D eigenvalue weighted by molar-refractivity contribution is -0.132. The zero-order valence-corrected chi connectivity index (χ0v) is 25.5. The van der Waals surface area contributed by atoms with Crippen LogP contribution in [0, 0.1) is 11.8 Å². The molecule has 1 spiro atoms. The van der Waals surface area contributed by atoms with Crippen LogP contribution in [0.1, 0.15) is 81.9 Å². The predicted molar refractivity (Wildman–Crippen MR) is 164 cm³/mol. The van der Waals surface area contributed by atoms with E-state index >= 15 is 0 Å². The molecule has 2 unspecified atom stereocenters. The number of aliphatic hydroxyl groups is 1. The Balaban J connectivity index is 1.10. The van der Waals surface area contributed by atoms with Gasteiger partial charge in [0.15, 0.2) is 11.5 Å². The molecule has 3 aliphatic carbocycles. The smallest absolute Gasteiger partial charge is 0.308 e. The Hall–Kier alpha value is -2.41. The highest BCUT2D eigenvalue weighted by Gasteiger charge is 2.66. The minimum Gasteiger partial charge on any atom is -0.484 e. The van der Waals surface area contributed by atoms with E-state index in [0.717, 1.165) is 57.6 Å². The second kappa shape index (κ2) is 11.6. The second-order valence-electron chi connectivity index (χ2n) is 13.7. The van der Waals surface area contributed by atoms with Crippen LogP contribution in [0.3, 0.4) is 0 Å². The first-order chi connectivity index (χ1) is 20.5. The van der Waals surface area contributed by atoms with Crippen LogP contribution in [0.15, 0.2) is 42.5 Å². The molecule has 1 saturated heterocycles. The van der Waals surface area contributed by atoms with Gasteiger partial charge in [-0.2, -0.15) is 0 Å². The van der Waals surface area contributed by atoms with Gasteiger partial charge in [-0.15, -0.1) is 0 Å². The number of piperidine rings is 1. The summed E-state index contributed by atoms with van der Waals surface area (Å²) in [6.45, 7) is 8.02. The maximum absolute atomic E-state index is 12.1. The van der Waals surface area contributed by atoms with Crippen molar-refractivity contribution in [3.05, 3.63) is 59.2 Å². The first-order valence-electron chi connectivity index (χ1n) is 16.7. The number of esters is 1. The number of ether oxygens (including phenoxy) is 2. The Morgan fingerprint density at radius 3 is 2.69 bits per heavy atom. The fraction of sp³-hybridized carbons (Fsp3) is 0.639. The van der Waals surface area contributed by atoms with Crippen LogP contribution in [0.5, 0.6) is 11.5 Å². The molecule has 6 heteroatoms. The molecule has 2 bridgehead atoms. The summed E-state index contributed by atoms with van der Waals surface area (Å²) in [5, 5.41) is 10.1. The molecule has 2 aliphatic heterocycles. The fourth-order valence-corrected chi connectivity index (χ4v) is 9.35. The van der Waals surface area contributed by atoms with Gasteiger partial charge in [-0.1, -0.05) is 56.2 Å². The van der Waals surface area contributed by atoms with Gasteiger partial charge in [-0.05, 0) is 94.1 Å². The lowest BCUT2D eigenvalue weighted by Gasteiger charge is -2.60. The number of carbonyl (C=O) groups is 1. The highest BCUT2D eigenvalue weighted by Crippen LogP contribution is 2.64. The highest BCUT2D eigenvalue weighted by atomic mass is 16.6. The molecule has 0 radical (unpaired) electrons. The monoisotopic (exact) mass is 572 g/mol. The molecular formula is C36H48N2O4. The summed E-state index contributed by atoms with van der Waals surface area (Å²) in [6.07, 6.45) is 11.6. The normalized spacial score (nSPS) is 32.4. The summed E-state index contributed by atoms with van der Waals surface area (Å²) in [5.74, 6) is 2.15. The molecule has 2 aromatic carbocycles. The quantitative estimate of drug-likeness (QED) is 0.205. The number of aliphatic hydroxyl groups excluding tert-OH is 1. The number of hydrogen-bond acceptors (Lipinski definition) is 6. The molecule has 2 heterocycles. The van der Waals surface area contributed by atoms with E-state index < -0.39 is 0 Å². The van der Waals surface area contributed by atoms with Crippen molar-refractivity contribution in [3.8, 4) is 11.5 Å². The Kier molecular flexibility index (Phi) is 7.83. The zero-order valence-electron chi connectivity index (χ0n) is 25.5. The topological polar surface area (TPSA) is 62.2 Å². The van der Waals surface area contributed by atoms with Crippen molar-refractivity contribution in [3.63, 3.8) is 0 Å². The predicted octanol–water partition coefficient (Wildman–Crippen LogP) is 5.53. The number of unbranched alkanes of at least 4 members (excludes halogenated alkanes) is 3. The molecule has 226 valence electrons. The van der Waals surface area contributed by atoms with Gasteiger partial charge in [0.05, 0.1) is 6.10 Å². The summed E-state index contributed by atoms with van der Waals surface area (Å²) in [7, 11) is 0. The first-order valence-corrected chi connectivity index (χ1v) is 16.7. The van der Waals surface area contributed by atoms with Crippen LogP contribution < -0.4 is 9.47 Å². The van der Waals surface area contributed by atoms with Crippen LogP contribution >= 0.6 is 0 Å². The molecule has 2 saturated carbocycles.